The molecule has 0 spiro atoms. The first-order chi connectivity index (χ1) is 11.9. The fourth-order valence-corrected chi connectivity index (χ4v) is 2.87. The molecule has 0 fully saturated rings. The Labute approximate surface area is 146 Å². The van der Waals surface area contributed by atoms with Gasteiger partial charge in [0.1, 0.15) is 5.69 Å². The summed E-state index contributed by atoms with van der Waals surface area (Å²) in [5.74, 6) is -0.0763. The topological polar surface area (TPSA) is 68.8 Å². The molecule has 0 aliphatic rings. The van der Waals surface area contributed by atoms with Crippen molar-refractivity contribution in [3.05, 3.63) is 65.0 Å². The van der Waals surface area contributed by atoms with E-state index in [4.69, 9.17) is 0 Å². The maximum atomic E-state index is 13.1. The number of carbonyl (C=O) groups excluding carboxylic acids is 1. The van der Waals surface area contributed by atoms with Gasteiger partial charge in [-0.15, -0.1) is 0 Å². The summed E-state index contributed by atoms with van der Waals surface area (Å²) in [5.41, 5.74) is 4.13. The minimum atomic E-state index is -0.0763. The van der Waals surface area contributed by atoms with E-state index < -0.39 is 0 Å². The van der Waals surface area contributed by atoms with E-state index in [1.165, 1.54) is 0 Å². The zero-order valence-electron chi connectivity index (χ0n) is 15.0. The molecule has 3 heterocycles. The Morgan fingerprint density at radius 2 is 1.76 bits per heavy atom. The van der Waals surface area contributed by atoms with Crippen LogP contribution in [0.5, 0.6) is 0 Å². The molecule has 0 radical (unpaired) electrons. The summed E-state index contributed by atoms with van der Waals surface area (Å²) in [6.45, 7) is 4.70. The normalized spacial score (nSPS) is 10.9. The Bertz CT molecular complexity index is 880. The monoisotopic (exact) mass is 338 g/mol. The van der Waals surface area contributed by atoms with Gasteiger partial charge in [0.25, 0.3) is 5.91 Å². The van der Waals surface area contributed by atoms with Crippen LogP contribution in [-0.4, -0.2) is 35.4 Å². The molecule has 0 aliphatic heterocycles. The molecule has 130 valence electrons. The van der Waals surface area contributed by atoms with Gasteiger partial charge < -0.3 is 4.90 Å². The van der Waals surface area contributed by atoms with Crippen molar-refractivity contribution in [1.29, 1.82) is 0 Å². The molecule has 7 heteroatoms. The van der Waals surface area contributed by atoms with Crippen LogP contribution in [0.1, 0.15) is 33.3 Å². The van der Waals surface area contributed by atoms with Crippen molar-refractivity contribution in [2.75, 3.05) is 0 Å². The van der Waals surface area contributed by atoms with E-state index in [2.05, 4.69) is 15.2 Å². The molecule has 25 heavy (non-hydrogen) atoms. The average Bonchev–Trinajstić information content (AvgIpc) is 3.07. The standard InChI is InChI=1S/C18H22N6O/c1-13-9-16(22(3)20-13)12-24(11-15-7-5-6-8-19-15)18(25)17-10-14(2)21-23(17)4/h5-10H,11-12H2,1-4H3. The molecule has 0 aliphatic carbocycles. The fraction of sp³-hybridized carbons (Fsp3) is 0.333. The Morgan fingerprint density at radius 3 is 2.32 bits per heavy atom. The Morgan fingerprint density at radius 1 is 1.04 bits per heavy atom. The van der Waals surface area contributed by atoms with Gasteiger partial charge in [-0.05, 0) is 38.1 Å². The third-order valence-electron chi connectivity index (χ3n) is 4.04. The van der Waals surface area contributed by atoms with Crippen molar-refractivity contribution in [2.45, 2.75) is 26.9 Å². The predicted molar refractivity (Wildman–Crippen MR) is 93.7 cm³/mol. The molecule has 7 nitrogen and oxygen atoms in total. The highest BCUT2D eigenvalue weighted by Gasteiger charge is 2.22. The molecule has 3 aromatic heterocycles. The van der Waals surface area contributed by atoms with Crippen LogP contribution in [-0.2, 0) is 27.2 Å². The zero-order chi connectivity index (χ0) is 18.0. The van der Waals surface area contributed by atoms with E-state index in [0.717, 1.165) is 22.8 Å². The Hall–Kier alpha value is -2.96. The van der Waals surface area contributed by atoms with Crippen LogP contribution in [0.2, 0.25) is 0 Å². The highest BCUT2D eigenvalue weighted by molar-refractivity contribution is 5.92. The minimum absolute atomic E-state index is 0.0763. The first-order valence-electron chi connectivity index (χ1n) is 8.13. The van der Waals surface area contributed by atoms with Crippen LogP contribution in [0.15, 0.2) is 36.5 Å². The van der Waals surface area contributed by atoms with E-state index in [9.17, 15) is 4.79 Å². The molecular weight excluding hydrogens is 316 g/mol. The number of amides is 1. The van der Waals surface area contributed by atoms with E-state index in [1.54, 1.807) is 22.8 Å². The molecule has 3 rings (SSSR count). The second kappa shape index (κ2) is 6.88. The lowest BCUT2D eigenvalue weighted by atomic mass is 10.2. The van der Waals surface area contributed by atoms with Gasteiger partial charge in [0.2, 0.25) is 0 Å². The molecular formula is C18H22N6O. The number of hydrogen-bond acceptors (Lipinski definition) is 4. The largest absolute Gasteiger partial charge is 0.326 e. The number of hydrogen-bond donors (Lipinski definition) is 0. The summed E-state index contributed by atoms with van der Waals surface area (Å²) < 4.78 is 3.43. The van der Waals surface area contributed by atoms with Crippen molar-refractivity contribution in [3.63, 3.8) is 0 Å². The van der Waals surface area contributed by atoms with E-state index in [0.29, 0.717) is 18.8 Å². The number of nitrogens with zero attached hydrogens (tertiary/aromatic N) is 6. The zero-order valence-corrected chi connectivity index (χ0v) is 15.0. The number of rotatable bonds is 5. The predicted octanol–water partition coefficient (Wildman–Crippen LogP) is 2.01. The van der Waals surface area contributed by atoms with E-state index >= 15 is 0 Å². The highest BCUT2D eigenvalue weighted by atomic mass is 16.2. The molecule has 0 atom stereocenters. The SMILES string of the molecule is Cc1cc(CN(Cc2ccccn2)C(=O)c2cc(C)nn2C)n(C)n1. The second-order valence-corrected chi connectivity index (χ2v) is 6.18. The van der Waals surface area contributed by atoms with Gasteiger partial charge >= 0.3 is 0 Å². The molecule has 0 saturated heterocycles. The summed E-state index contributed by atoms with van der Waals surface area (Å²) in [6.07, 6.45) is 1.74. The third kappa shape index (κ3) is 3.76. The average molecular weight is 338 g/mol. The summed E-state index contributed by atoms with van der Waals surface area (Å²) in [7, 11) is 3.67. The Balaban J connectivity index is 1.92. The maximum absolute atomic E-state index is 13.1. The number of carbonyl (C=O) groups is 1. The molecule has 0 saturated carbocycles. The van der Waals surface area contributed by atoms with Crippen LogP contribution in [0.25, 0.3) is 0 Å². The van der Waals surface area contributed by atoms with E-state index in [1.807, 2.05) is 55.9 Å². The molecule has 1 amide bonds. The van der Waals surface area contributed by atoms with Crippen molar-refractivity contribution >= 4 is 5.91 Å². The lowest BCUT2D eigenvalue weighted by Gasteiger charge is -2.22. The molecule has 0 unspecified atom stereocenters. The summed E-state index contributed by atoms with van der Waals surface area (Å²) in [6, 6.07) is 9.51. The van der Waals surface area contributed by atoms with Gasteiger partial charge in [-0.2, -0.15) is 10.2 Å². The first kappa shape index (κ1) is 16.9. The van der Waals surface area contributed by atoms with Gasteiger partial charge in [-0.25, -0.2) is 0 Å². The molecule has 0 N–H and O–H groups in total. The van der Waals surface area contributed by atoms with Crippen molar-refractivity contribution < 1.29 is 4.79 Å². The molecule has 0 aromatic carbocycles. The Kier molecular flexibility index (Phi) is 4.65. The maximum Gasteiger partial charge on any atom is 0.272 e. The lowest BCUT2D eigenvalue weighted by Crippen LogP contribution is -2.32. The van der Waals surface area contributed by atoms with Crippen LogP contribution < -0.4 is 0 Å². The minimum Gasteiger partial charge on any atom is -0.326 e. The van der Waals surface area contributed by atoms with E-state index in [-0.39, 0.29) is 5.91 Å². The van der Waals surface area contributed by atoms with Crippen LogP contribution in [0, 0.1) is 13.8 Å². The summed E-state index contributed by atoms with van der Waals surface area (Å²) in [4.78, 5) is 19.2. The highest BCUT2D eigenvalue weighted by Crippen LogP contribution is 2.14. The quantitative estimate of drug-likeness (QED) is 0.713. The number of pyridine rings is 1. The fourth-order valence-electron chi connectivity index (χ4n) is 2.87. The van der Waals surface area contributed by atoms with Gasteiger partial charge in [-0.1, -0.05) is 6.07 Å². The summed E-state index contributed by atoms with van der Waals surface area (Å²) >= 11 is 0. The van der Waals surface area contributed by atoms with Gasteiger partial charge in [0.15, 0.2) is 0 Å². The third-order valence-corrected chi connectivity index (χ3v) is 4.04. The molecule has 3 aromatic rings. The second-order valence-electron chi connectivity index (χ2n) is 6.18. The van der Waals surface area contributed by atoms with Crippen LogP contribution in [0.4, 0.5) is 0 Å². The van der Waals surface area contributed by atoms with Gasteiger partial charge in [0, 0.05) is 20.3 Å². The van der Waals surface area contributed by atoms with Crippen LogP contribution >= 0.6 is 0 Å². The smallest absolute Gasteiger partial charge is 0.272 e. The van der Waals surface area contributed by atoms with Gasteiger partial charge in [-0.3, -0.25) is 19.1 Å². The molecule has 0 bridgehead atoms. The first-order valence-corrected chi connectivity index (χ1v) is 8.13. The lowest BCUT2D eigenvalue weighted by molar-refractivity contribution is 0.0712. The number of aryl methyl sites for hydroxylation is 4. The number of aromatic nitrogens is 5. The van der Waals surface area contributed by atoms with Crippen LogP contribution in [0.3, 0.4) is 0 Å². The van der Waals surface area contributed by atoms with Crippen molar-refractivity contribution in [1.82, 2.24) is 29.4 Å². The van der Waals surface area contributed by atoms with Crippen molar-refractivity contribution in [2.24, 2.45) is 14.1 Å². The summed E-state index contributed by atoms with van der Waals surface area (Å²) in [5, 5.41) is 8.66. The van der Waals surface area contributed by atoms with Crippen molar-refractivity contribution in [3.8, 4) is 0 Å². The van der Waals surface area contributed by atoms with Gasteiger partial charge in [0.05, 0.1) is 35.9 Å².